The molecule has 8 heavy (non-hydrogen) atoms. The molecule has 1 heterocycles. The number of nitrogens with zero attached hydrogens (tertiary/aromatic N) is 1. The van der Waals surface area contributed by atoms with Gasteiger partial charge in [0.2, 0.25) is 0 Å². The summed E-state index contributed by atoms with van der Waals surface area (Å²) in [5, 5.41) is 18.9. The third-order valence-electron chi connectivity index (χ3n) is 1.55. The molecule has 1 aliphatic heterocycles. The van der Waals surface area contributed by atoms with Crippen LogP contribution in [0.3, 0.4) is 0 Å². The Labute approximate surface area is 48.5 Å². The molecule has 2 atom stereocenters. The van der Waals surface area contributed by atoms with Gasteiger partial charge in [-0.25, -0.2) is 0 Å². The van der Waals surface area contributed by atoms with Gasteiger partial charge in [0.25, 0.3) is 0 Å². The van der Waals surface area contributed by atoms with E-state index in [-0.39, 0.29) is 12.0 Å². The van der Waals surface area contributed by atoms with Gasteiger partial charge < -0.3 is 10.3 Å². The topological polar surface area (TPSA) is 43.7 Å². The maximum atomic E-state index is 8.97. The van der Waals surface area contributed by atoms with Gasteiger partial charge in [0, 0.05) is 6.54 Å². The van der Waals surface area contributed by atoms with Crippen molar-refractivity contribution in [3.8, 4) is 0 Å². The van der Waals surface area contributed by atoms with Gasteiger partial charge in [-0.05, 0) is 5.92 Å². The first-order valence-corrected chi connectivity index (χ1v) is 2.82. The molecule has 0 saturated carbocycles. The highest BCUT2D eigenvalue weighted by atomic mass is 16.5. The SMILES string of the molecule is CC1CN(O)CC1O. The Kier molecular flexibility index (Phi) is 1.51. The fraction of sp³-hybridized carbons (Fsp3) is 1.00. The molecule has 0 amide bonds. The summed E-state index contributed by atoms with van der Waals surface area (Å²) in [6, 6.07) is 0. The quantitative estimate of drug-likeness (QED) is 0.457. The predicted octanol–water partition coefficient (Wildman–Crippen LogP) is -0.312. The zero-order valence-corrected chi connectivity index (χ0v) is 4.91. The monoisotopic (exact) mass is 117 g/mol. The Morgan fingerprint density at radius 3 is 2.25 bits per heavy atom. The second-order valence-corrected chi connectivity index (χ2v) is 2.42. The van der Waals surface area contributed by atoms with E-state index in [1.807, 2.05) is 6.92 Å². The van der Waals surface area contributed by atoms with Crippen molar-refractivity contribution < 1.29 is 10.3 Å². The molecule has 0 aromatic rings. The van der Waals surface area contributed by atoms with Crippen LogP contribution in [0, 0.1) is 5.92 Å². The molecule has 2 unspecified atom stereocenters. The summed E-state index contributed by atoms with van der Waals surface area (Å²) >= 11 is 0. The molecule has 1 saturated heterocycles. The van der Waals surface area contributed by atoms with Gasteiger partial charge in [0.15, 0.2) is 0 Å². The van der Waals surface area contributed by atoms with E-state index in [4.69, 9.17) is 10.3 Å². The third kappa shape index (κ3) is 0.992. The van der Waals surface area contributed by atoms with Gasteiger partial charge in [0.1, 0.15) is 0 Å². The van der Waals surface area contributed by atoms with Crippen LogP contribution in [0.2, 0.25) is 0 Å². The molecule has 3 heteroatoms. The van der Waals surface area contributed by atoms with Crippen LogP contribution in [0.1, 0.15) is 6.92 Å². The maximum absolute atomic E-state index is 8.97. The number of β-amino-alcohol motifs (C(OH)–C–C–N with tert-alkyl or cyclic N) is 1. The van der Waals surface area contributed by atoms with Crippen LogP contribution >= 0.6 is 0 Å². The van der Waals surface area contributed by atoms with Crippen molar-refractivity contribution in [2.45, 2.75) is 13.0 Å². The number of hydrogen-bond donors (Lipinski definition) is 2. The lowest BCUT2D eigenvalue weighted by atomic mass is 10.1. The summed E-state index contributed by atoms with van der Waals surface area (Å²) in [7, 11) is 0. The van der Waals surface area contributed by atoms with Gasteiger partial charge in [0.05, 0.1) is 12.6 Å². The second kappa shape index (κ2) is 2.01. The van der Waals surface area contributed by atoms with E-state index >= 15 is 0 Å². The molecule has 1 fully saturated rings. The molecule has 0 aromatic heterocycles. The van der Waals surface area contributed by atoms with Crippen LogP contribution in [0.4, 0.5) is 0 Å². The molecule has 0 bridgehead atoms. The molecule has 2 N–H and O–H groups in total. The van der Waals surface area contributed by atoms with E-state index in [9.17, 15) is 0 Å². The zero-order chi connectivity index (χ0) is 6.15. The lowest BCUT2D eigenvalue weighted by Crippen LogP contribution is -2.17. The molecule has 1 aliphatic rings. The van der Waals surface area contributed by atoms with E-state index in [0.29, 0.717) is 13.1 Å². The minimum Gasteiger partial charge on any atom is -0.391 e. The van der Waals surface area contributed by atoms with Gasteiger partial charge in [-0.1, -0.05) is 6.92 Å². The third-order valence-corrected chi connectivity index (χ3v) is 1.55. The van der Waals surface area contributed by atoms with E-state index in [0.717, 1.165) is 5.06 Å². The highest BCUT2D eigenvalue weighted by Gasteiger charge is 2.25. The molecule has 0 aliphatic carbocycles. The largest absolute Gasteiger partial charge is 0.391 e. The van der Waals surface area contributed by atoms with Crippen LogP contribution in [0.5, 0.6) is 0 Å². The number of hydroxylamine groups is 2. The van der Waals surface area contributed by atoms with Crippen molar-refractivity contribution in [2.75, 3.05) is 13.1 Å². The zero-order valence-electron chi connectivity index (χ0n) is 4.91. The Bertz CT molecular complexity index is 76.5. The first-order chi connectivity index (χ1) is 3.70. The average Bonchev–Trinajstić information content (AvgIpc) is 1.85. The normalized spacial score (nSPS) is 40.9. The maximum Gasteiger partial charge on any atom is 0.0728 e. The van der Waals surface area contributed by atoms with Gasteiger partial charge in [-0.15, -0.1) is 0 Å². The molecule has 1 rings (SSSR count). The molecule has 3 nitrogen and oxygen atoms in total. The summed E-state index contributed by atoms with van der Waals surface area (Å²) in [5.41, 5.74) is 0. The van der Waals surface area contributed by atoms with Gasteiger partial charge >= 0.3 is 0 Å². The first-order valence-electron chi connectivity index (χ1n) is 2.82. The molecule has 0 spiro atoms. The summed E-state index contributed by atoms with van der Waals surface area (Å²) in [6.07, 6.45) is -0.333. The molecule has 0 aromatic carbocycles. The Balaban J connectivity index is 2.39. The van der Waals surface area contributed by atoms with Crippen molar-refractivity contribution in [3.63, 3.8) is 0 Å². The highest BCUT2D eigenvalue weighted by Crippen LogP contribution is 2.12. The molecular weight excluding hydrogens is 106 g/mol. The smallest absolute Gasteiger partial charge is 0.0728 e. The number of hydrogen-bond acceptors (Lipinski definition) is 3. The van der Waals surface area contributed by atoms with Gasteiger partial charge in [-0.2, -0.15) is 5.06 Å². The lowest BCUT2D eigenvalue weighted by Gasteiger charge is -2.01. The fourth-order valence-electron chi connectivity index (χ4n) is 0.925. The Morgan fingerprint density at radius 1 is 1.50 bits per heavy atom. The van der Waals surface area contributed by atoms with Crippen molar-refractivity contribution >= 4 is 0 Å². The van der Waals surface area contributed by atoms with Gasteiger partial charge in [-0.3, -0.25) is 0 Å². The van der Waals surface area contributed by atoms with Crippen LogP contribution in [-0.2, 0) is 0 Å². The molecule has 0 radical (unpaired) electrons. The minimum atomic E-state index is -0.333. The molecular formula is C5H11NO2. The lowest BCUT2D eigenvalue weighted by molar-refractivity contribution is -0.0768. The number of rotatable bonds is 0. The summed E-state index contributed by atoms with van der Waals surface area (Å²) in [5.74, 6) is 0.222. The van der Waals surface area contributed by atoms with Crippen molar-refractivity contribution in [1.82, 2.24) is 5.06 Å². The summed E-state index contributed by atoms with van der Waals surface area (Å²) in [6.45, 7) is 2.92. The van der Waals surface area contributed by atoms with E-state index < -0.39 is 0 Å². The Morgan fingerprint density at radius 2 is 2.12 bits per heavy atom. The van der Waals surface area contributed by atoms with E-state index in [1.54, 1.807) is 0 Å². The predicted molar refractivity (Wildman–Crippen MR) is 28.5 cm³/mol. The average molecular weight is 117 g/mol. The van der Waals surface area contributed by atoms with Crippen molar-refractivity contribution in [1.29, 1.82) is 0 Å². The van der Waals surface area contributed by atoms with Crippen LogP contribution < -0.4 is 0 Å². The summed E-state index contributed by atoms with van der Waals surface area (Å²) < 4.78 is 0. The van der Waals surface area contributed by atoms with Crippen LogP contribution in [-0.4, -0.2) is 34.6 Å². The standard InChI is InChI=1S/C5H11NO2/c1-4-2-6(8)3-5(4)7/h4-5,7-8H,2-3H2,1H3. The van der Waals surface area contributed by atoms with Crippen molar-refractivity contribution in [3.05, 3.63) is 0 Å². The second-order valence-electron chi connectivity index (χ2n) is 2.42. The number of aliphatic hydroxyl groups is 1. The molecule has 48 valence electrons. The minimum absolute atomic E-state index is 0.222. The van der Waals surface area contributed by atoms with Crippen molar-refractivity contribution in [2.24, 2.45) is 5.92 Å². The van der Waals surface area contributed by atoms with Crippen LogP contribution in [0.15, 0.2) is 0 Å². The highest BCUT2D eigenvalue weighted by molar-refractivity contribution is 4.75. The summed E-state index contributed by atoms with van der Waals surface area (Å²) in [4.78, 5) is 0. The van der Waals surface area contributed by atoms with E-state index in [2.05, 4.69) is 0 Å². The first kappa shape index (κ1) is 6.01. The fourth-order valence-corrected chi connectivity index (χ4v) is 0.925. The Hall–Kier alpha value is -0.120. The van der Waals surface area contributed by atoms with E-state index in [1.165, 1.54) is 0 Å². The number of aliphatic hydroxyl groups excluding tert-OH is 1. The van der Waals surface area contributed by atoms with Crippen LogP contribution in [0.25, 0.3) is 0 Å².